The van der Waals surface area contributed by atoms with Crippen LogP contribution in [-0.4, -0.2) is 64.8 Å². The van der Waals surface area contributed by atoms with Crippen molar-refractivity contribution >= 4 is 45.2 Å². The number of carbonyl (C=O) groups is 1. The van der Waals surface area contributed by atoms with Crippen LogP contribution in [0.2, 0.25) is 36.3 Å². The molecule has 11 heteroatoms. The zero-order chi connectivity index (χ0) is 43.0. The fourth-order valence-electron chi connectivity index (χ4n) is 6.53. The lowest BCUT2D eigenvalue weighted by Crippen LogP contribution is -2.53. The Kier molecular flexibility index (Phi) is 18.0. The standard InChI is InChI=1S/C46H75IO8Si2/c1-16-22-34(38(48)29-40(55-57(14,15)45(9,10)11)46(39(17-2)54-46)43(49)50-18-3)25-26-51-42-36(31-53-56(12,13)44(6,7)8)41(35(27-32(4)5)28-37(42)47)52-30-33-23-20-19-21-24-33/h19-21,23-25,28,32,38-40,48H,16-18,22,26-27,29-31H2,1-15H3/b34-25+/t38?,39-,40+,46+/m0/s1. The first-order valence-corrected chi connectivity index (χ1v) is 28.0. The van der Waals surface area contributed by atoms with Gasteiger partial charge in [-0.15, -0.1) is 0 Å². The number of ether oxygens (including phenoxy) is 4. The minimum Gasteiger partial charge on any atom is -0.488 e. The second kappa shape index (κ2) is 20.7. The van der Waals surface area contributed by atoms with E-state index in [1.807, 2.05) is 31.2 Å². The van der Waals surface area contributed by atoms with Crippen molar-refractivity contribution in [3.05, 3.63) is 68.3 Å². The normalized spacial score (nSPS) is 19.1. The second-order valence-corrected chi connectivity index (χ2v) is 29.8. The molecule has 1 N–H and O–H groups in total. The van der Waals surface area contributed by atoms with Crippen molar-refractivity contribution in [3.8, 4) is 11.5 Å². The van der Waals surface area contributed by atoms with Crippen LogP contribution in [0.3, 0.4) is 0 Å². The highest BCUT2D eigenvalue weighted by Crippen LogP contribution is 2.49. The molecule has 0 amide bonds. The molecule has 1 fully saturated rings. The lowest BCUT2D eigenvalue weighted by atomic mass is 9.89. The number of carbonyl (C=O) groups excluding carboxylic acids is 1. The van der Waals surface area contributed by atoms with Gasteiger partial charge in [0.25, 0.3) is 0 Å². The molecule has 1 unspecified atom stereocenters. The summed E-state index contributed by atoms with van der Waals surface area (Å²) in [6, 6.07) is 12.4. The van der Waals surface area contributed by atoms with Gasteiger partial charge in [-0.25, -0.2) is 4.79 Å². The van der Waals surface area contributed by atoms with Gasteiger partial charge in [-0.2, -0.15) is 0 Å². The van der Waals surface area contributed by atoms with E-state index in [-0.39, 0.29) is 35.8 Å². The second-order valence-electron chi connectivity index (χ2n) is 19.1. The van der Waals surface area contributed by atoms with Gasteiger partial charge in [0.2, 0.25) is 5.60 Å². The van der Waals surface area contributed by atoms with Crippen LogP contribution in [0.5, 0.6) is 11.5 Å². The minimum absolute atomic E-state index is 0.0242. The van der Waals surface area contributed by atoms with Crippen molar-refractivity contribution in [1.82, 2.24) is 0 Å². The SMILES string of the molecule is CCC/C(=C\COc1c(I)cc(CC(C)C)c(OCc2ccccc2)c1CO[Si](C)(C)C(C)(C)C)C(O)C[C@@H](O[Si](C)(C)C(C)(C)C)[C@]1(C(=O)OCC)O[C@H]1CC. The molecular formula is C46H75IO8Si2. The lowest BCUT2D eigenvalue weighted by molar-refractivity contribution is -0.154. The van der Waals surface area contributed by atoms with Gasteiger partial charge in [0, 0.05) is 6.42 Å². The summed E-state index contributed by atoms with van der Waals surface area (Å²) in [6.07, 6.45) is 3.33. The van der Waals surface area contributed by atoms with E-state index in [1.54, 1.807) is 6.92 Å². The van der Waals surface area contributed by atoms with Crippen LogP contribution in [0.15, 0.2) is 48.0 Å². The number of aliphatic hydroxyl groups excluding tert-OH is 1. The summed E-state index contributed by atoms with van der Waals surface area (Å²) >= 11 is 2.38. The Bertz CT molecular complexity index is 1630. The van der Waals surface area contributed by atoms with Gasteiger partial charge < -0.3 is 32.9 Å². The van der Waals surface area contributed by atoms with Crippen LogP contribution in [0, 0.1) is 9.49 Å². The Balaban J connectivity index is 2.05. The van der Waals surface area contributed by atoms with Gasteiger partial charge in [-0.1, -0.05) is 106 Å². The molecule has 1 aliphatic heterocycles. The summed E-state index contributed by atoms with van der Waals surface area (Å²) in [5, 5.41) is 11.9. The molecule has 0 aromatic heterocycles. The third-order valence-electron chi connectivity index (χ3n) is 12.0. The fraction of sp³-hybridized carbons (Fsp3) is 0.674. The zero-order valence-electron chi connectivity index (χ0n) is 37.9. The highest BCUT2D eigenvalue weighted by Gasteiger charge is 2.69. The first kappa shape index (κ1) is 49.6. The number of esters is 1. The molecule has 4 atom stereocenters. The Hall–Kier alpha value is -1.75. The summed E-state index contributed by atoms with van der Waals surface area (Å²) in [7, 11) is -4.55. The average Bonchev–Trinajstić information content (AvgIpc) is 3.86. The third-order valence-corrected chi connectivity index (χ3v) is 21.8. The highest BCUT2D eigenvalue weighted by atomic mass is 127. The molecule has 0 spiro atoms. The average molecular weight is 939 g/mol. The van der Waals surface area contributed by atoms with Crippen LogP contribution in [-0.2, 0) is 42.8 Å². The largest absolute Gasteiger partial charge is 0.488 e. The number of halogens is 1. The first-order chi connectivity index (χ1) is 26.4. The van der Waals surface area contributed by atoms with Crippen LogP contribution < -0.4 is 9.47 Å². The molecule has 0 bridgehead atoms. The van der Waals surface area contributed by atoms with Gasteiger partial charge in [0.1, 0.15) is 30.8 Å². The van der Waals surface area contributed by atoms with Crippen LogP contribution in [0.25, 0.3) is 0 Å². The summed E-state index contributed by atoms with van der Waals surface area (Å²) in [6.45, 7) is 33.8. The van der Waals surface area contributed by atoms with Crippen molar-refractivity contribution in [1.29, 1.82) is 0 Å². The van der Waals surface area contributed by atoms with Crippen LogP contribution >= 0.6 is 22.6 Å². The predicted molar refractivity (Wildman–Crippen MR) is 246 cm³/mol. The Morgan fingerprint density at radius 3 is 2.11 bits per heavy atom. The van der Waals surface area contributed by atoms with E-state index in [0.717, 1.165) is 50.2 Å². The van der Waals surface area contributed by atoms with Gasteiger partial charge in [0.15, 0.2) is 16.6 Å². The third kappa shape index (κ3) is 12.9. The fourth-order valence-corrected chi connectivity index (χ4v) is 9.66. The smallest absolute Gasteiger partial charge is 0.343 e. The number of benzene rings is 2. The molecule has 1 aliphatic rings. The molecular weight excluding hydrogens is 864 g/mol. The molecule has 8 nitrogen and oxygen atoms in total. The molecule has 322 valence electrons. The maximum atomic E-state index is 13.6. The van der Waals surface area contributed by atoms with E-state index >= 15 is 0 Å². The molecule has 0 saturated carbocycles. The molecule has 0 radical (unpaired) electrons. The Morgan fingerprint density at radius 1 is 0.947 bits per heavy atom. The van der Waals surface area contributed by atoms with Gasteiger partial charge in [0.05, 0.1) is 34.6 Å². The predicted octanol–water partition coefficient (Wildman–Crippen LogP) is 11.9. The van der Waals surface area contributed by atoms with Crippen molar-refractivity contribution in [3.63, 3.8) is 0 Å². The van der Waals surface area contributed by atoms with Crippen LogP contribution in [0.1, 0.15) is 119 Å². The quantitative estimate of drug-likeness (QED) is 0.0410. The van der Waals surface area contributed by atoms with E-state index in [9.17, 15) is 9.90 Å². The summed E-state index contributed by atoms with van der Waals surface area (Å²) in [5.74, 6) is 1.57. The highest BCUT2D eigenvalue weighted by molar-refractivity contribution is 14.1. The number of hydrogen-bond acceptors (Lipinski definition) is 8. The van der Waals surface area contributed by atoms with E-state index in [1.165, 1.54) is 0 Å². The molecule has 3 rings (SSSR count). The van der Waals surface area contributed by atoms with E-state index in [4.69, 9.17) is 27.8 Å². The number of rotatable bonds is 22. The number of aliphatic hydroxyl groups is 1. The summed E-state index contributed by atoms with van der Waals surface area (Å²) in [5.41, 5.74) is 2.76. The molecule has 2 aromatic rings. The van der Waals surface area contributed by atoms with Crippen molar-refractivity contribution in [2.24, 2.45) is 5.92 Å². The van der Waals surface area contributed by atoms with Gasteiger partial charge >= 0.3 is 5.97 Å². The topological polar surface area (TPSA) is 96.0 Å². The van der Waals surface area contributed by atoms with Crippen molar-refractivity contribution < 1.29 is 37.7 Å². The zero-order valence-corrected chi connectivity index (χ0v) is 42.1. The van der Waals surface area contributed by atoms with Crippen molar-refractivity contribution in [2.45, 2.75) is 182 Å². The molecule has 57 heavy (non-hydrogen) atoms. The molecule has 0 aliphatic carbocycles. The number of hydrogen-bond donors (Lipinski definition) is 1. The van der Waals surface area contributed by atoms with E-state index in [2.05, 4.69) is 129 Å². The lowest BCUT2D eigenvalue weighted by Gasteiger charge is -2.41. The van der Waals surface area contributed by atoms with Crippen molar-refractivity contribution in [2.75, 3.05) is 13.2 Å². The monoisotopic (exact) mass is 938 g/mol. The Labute approximate surface area is 361 Å². The maximum absolute atomic E-state index is 13.6. The molecule has 1 saturated heterocycles. The molecule has 2 aromatic carbocycles. The Morgan fingerprint density at radius 2 is 1.58 bits per heavy atom. The summed E-state index contributed by atoms with van der Waals surface area (Å²) in [4.78, 5) is 13.6. The maximum Gasteiger partial charge on any atom is 0.343 e. The first-order valence-electron chi connectivity index (χ1n) is 21.1. The number of epoxide rings is 1. The van der Waals surface area contributed by atoms with Crippen LogP contribution in [0.4, 0.5) is 0 Å². The van der Waals surface area contributed by atoms with E-state index < -0.39 is 40.4 Å². The van der Waals surface area contributed by atoms with E-state index in [0.29, 0.717) is 32.0 Å². The molecule has 1 heterocycles. The summed E-state index contributed by atoms with van der Waals surface area (Å²) < 4.78 is 40.1. The minimum atomic E-state index is -2.40. The van der Waals surface area contributed by atoms with Gasteiger partial charge in [-0.05, 0) is 120 Å². The van der Waals surface area contributed by atoms with Gasteiger partial charge in [-0.3, -0.25) is 0 Å².